The van der Waals surface area contributed by atoms with Crippen molar-refractivity contribution in [3.8, 4) is 11.3 Å². The molecule has 1 atom stereocenters. The number of ether oxygens (including phenoxy) is 1. The van der Waals surface area contributed by atoms with Gasteiger partial charge in [0.1, 0.15) is 5.82 Å². The molecule has 1 aromatic carbocycles. The van der Waals surface area contributed by atoms with Gasteiger partial charge in [-0.3, -0.25) is 4.98 Å². The summed E-state index contributed by atoms with van der Waals surface area (Å²) in [7, 11) is 0. The van der Waals surface area contributed by atoms with Crippen molar-refractivity contribution in [1.82, 2.24) is 4.98 Å². The summed E-state index contributed by atoms with van der Waals surface area (Å²) in [4.78, 5) is 4.43. The molecule has 0 saturated carbocycles. The van der Waals surface area contributed by atoms with Crippen molar-refractivity contribution in [2.75, 3.05) is 6.61 Å². The molecule has 0 saturated heterocycles. The van der Waals surface area contributed by atoms with Gasteiger partial charge >= 0.3 is 0 Å². The Hall–Kier alpha value is -2.26. The average molecular weight is 396 g/mol. The molecule has 1 unspecified atom stereocenters. The monoisotopic (exact) mass is 395 g/mol. The van der Waals surface area contributed by atoms with Crippen molar-refractivity contribution in [2.24, 2.45) is 0 Å². The number of halogens is 1. The van der Waals surface area contributed by atoms with Gasteiger partial charge < -0.3 is 4.74 Å². The van der Waals surface area contributed by atoms with Crippen molar-refractivity contribution in [2.45, 2.75) is 64.9 Å². The van der Waals surface area contributed by atoms with E-state index >= 15 is 0 Å². The summed E-state index contributed by atoms with van der Waals surface area (Å²) in [5, 5.41) is 0. The minimum atomic E-state index is -0.244. The van der Waals surface area contributed by atoms with E-state index in [0.29, 0.717) is 23.8 Å². The first-order valence-corrected chi connectivity index (χ1v) is 10.8. The molecule has 0 N–H and O–H groups in total. The molecular weight excluding hydrogens is 361 g/mol. The Morgan fingerprint density at radius 1 is 1.17 bits per heavy atom. The topological polar surface area (TPSA) is 22.1 Å². The van der Waals surface area contributed by atoms with E-state index < -0.39 is 0 Å². The summed E-state index contributed by atoms with van der Waals surface area (Å²) in [6.07, 6.45) is 15.7. The highest BCUT2D eigenvalue weighted by Gasteiger charge is 2.07. The first-order chi connectivity index (χ1) is 14.1. The standard InChI is InChI=1S/C26H34FNO/c1-4-6-10-18-29-21(3)12-8-7-9-13-23-15-17-26(28-20-23)24-16-14-22(11-5-2)19-25(24)27/h5,9,13-17,19-21H,2,4,6-8,10-12,18H2,1,3H3/b13-9+. The van der Waals surface area contributed by atoms with E-state index in [9.17, 15) is 4.39 Å². The summed E-state index contributed by atoms with van der Waals surface area (Å²) in [6.45, 7) is 8.93. The number of allylic oxidation sites excluding steroid dienone is 2. The highest BCUT2D eigenvalue weighted by Crippen LogP contribution is 2.22. The largest absolute Gasteiger partial charge is 0.379 e. The molecule has 156 valence electrons. The molecular formula is C26H34FNO. The Kier molecular flexibility index (Phi) is 10.4. The van der Waals surface area contributed by atoms with E-state index in [2.05, 4.69) is 37.6 Å². The summed E-state index contributed by atoms with van der Waals surface area (Å²) >= 11 is 0. The van der Waals surface area contributed by atoms with Crippen LogP contribution < -0.4 is 0 Å². The third-order valence-corrected chi connectivity index (χ3v) is 4.92. The SMILES string of the molecule is C=CCc1ccc(-c2ccc(/C=C/CCCC(C)OCCCCC)cn2)c(F)c1. The van der Waals surface area contributed by atoms with Crippen LogP contribution in [0.1, 0.15) is 63.5 Å². The van der Waals surface area contributed by atoms with E-state index in [1.165, 1.54) is 12.8 Å². The second-order valence-electron chi connectivity index (χ2n) is 7.51. The first-order valence-electron chi connectivity index (χ1n) is 10.8. The van der Waals surface area contributed by atoms with Crippen LogP contribution in [0.5, 0.6) is 0 Å². The molecule has 0 amide bonds. The van der Waals surface area contributed by atoms with Crippen LogP contribution in [0.15, 0.2) is 55.3 Å². The van der Waals surface area contributed by atoms with Gasteiger partial charge in [0.05, 0.1) is 11.8 Å². The normalized spacial score (nSPS) is 12.4. The number of hydrogen-bond acceptors (Lipinski definition) is 2. The predicted molar refractivity (Wildman–Crippen MR) is 121 cm³/mol. The second kappa shape index (κ2) is 13.1. The number of benzene rings is 1. The summed E-state index contributed by atoms with van der Waals surface area (Å²) < 4.78 is 20.2. The molecule has 0 bridgehead atoms. The molecule has 2 aromatic rings. The number of pyridine rings is 1. The molecule has 0 aliphatic rings. The minimum Gasteiger partial charge on any atom is -0.379 e. The maximum atomic E-state index is 14.3. The fourth-order valence-electron chi connectivity index (χ4n) is 3.19. The lowest BCUT2D eigenvalue weighted by Gasteiger charge is -2.11. The zero-order valence-electron chi connectivity index (χ0n) is 17.9. The Bertz CT molecular complexity index is 767. The Morgan fingerprint density at radius 2 is 2.03 bits per heavy atom. The Balaban J connectivity index is 1.78. The molecule has 3 heteroatoms. The highest BCUT2D eigenvalue weighted by atomic mass is 19.1. The van der Waals surface area contributed by atoms with Gasteiger partial charge in [-0.25, -0.2) is 4.39 Å². The van der Waals surface area contributed by atoms with Crippen molar-refractivity contribution < 1.29 is 9.13 Å². The van der Waals surface area contributed by atoms with Crippen LogP contribution in [0.25, 0.3) is 17.3 Å². The molecule has 0 aliphatic heterocycles. The van der Waals surface area contributed by atoms with Gasteiger partial charge in [0.25, 0.3) is 0 Å². The molecule has 1 aromatic heterocycles. The average Bonchev–Trinajstić information content (AvgIpc) is 2.72. The quantitative estimate of drug-likeness (QED) is 0.260. The molecule has 1 heterocycles. The number of nitrogens with zero attached hydrogens (tertiary/aromatic N) is 1. The fourth-order valence-corrected chi connectivity index (χ4v) is 3.19. The molecule has 2 rings (SSSR count). The van der Waals surface area contributed by atoms with Crippen LogP contribution >= 0.6 is 0 Å². The predicted octanol–water partition coefficient (Wildman–Crippen LogP) is 7.40. The zero-order valence-corrected chi connectivity index (χ0v) is 17.9. The van der Waals surface area contributed by atoms with Crippen LogP contribution in [-0.4, -0.2) is 17.7 Å². The van der Waals surface area contributed by atoms with E-state index in [4.69, 9.17) is 4.74 Å². The van der Waals surface area contributed by atoms with Crippen LogP contribution in [0, 0.1) is 5.82 Å². The number of rotatable bonds is 13. The van der Waals surface area contributed by atoms with E-state index in [1.807, 2.05) is 18.2 Å². The first kappa shape index (κ1) is 23.0. The van der Waals surface area contributed by atoms with Gasteiger partial charge in [-0.1, -0.05) is 50.1 Å². The van der Waals surface area contributed by atoms with Gasteiger partial charge in [0.2, 0.25) is 0 Å². The van der Waals surface area contributed by atoms with Crippen molar-refractivity contribution in [3.05, 3.63) is 72.2 Å². The third kappa shape index (κ3) is 8.33. The lowest BCUT2D eigenvalue weighted by atomic mass is 10.0. The van der Waals surface area contributed by atoms with E-state index in [-0.39, 0.29) is 5.82 Å². The van der Waals surface area contributed by atoms with Gasteiger partial charge in [0, 0.05) is 18.4 Å². The van der Waals surface area contributed by atoms with Crippen LogP contribution in [0.4, 0.5) is 4.39 Å². The Labute approximate surface area is 175 Å². The molecule has 0 aliphatic carbocycles. The van der Waals surface area contributed by atoms with Crippen LogP contribution in [-0.2, 0) is 11.2 Å². The third-order valence-electron chi connectivity index (χ3n) is 4.92. The molecule has 2 nitrogen and oxygen atoms in total. The molecule has 0 spiro atoms. The lowest BCUT2D eigenvalue weighted by Crippen LogP contribution is -2.08. The molecule has 0 fully saturated rings. The second-order valence-corrected chi connectivity index (χ2v) is 7.51. The van der Waals surface area contributed by atoms with Crippen molar-refractivity contribution >= 4 is 6.08 Å². The van der Waals surface area contributed by atoms with E-state index in [1.54, 1.807) is 24.4 Å². The maximum absolute atomic E-state index is 14.3. The van der Waals surface area contributed by atoms with Crippen molar-refractivity contribution in [3.63, 3.8) is 0 Å². The maximum Gasteiger partial charge on any atom is 0.132 e. The van der Waals surface area contributed by atoms with Crippen molar-refractivity contribution in [1.29, 1.82) is 0 Å². The van der Waals surface area contributed by atoms with Gasteiger partial charge in [-0.05, 0) is 68.4 Å². The minimum absolute atomic E-state index is 0.244. The zero-order chi connectivity index (χ0) is 20.9. The molecule has 0 radical (unpaired) electrons. The van der Waals surface area contributed by atoms with E-state index in [0.717, 1.165) is 43.4 Å². The summed E-state index contributed by atoms with van der Waals surface area (Å²) in [5.74, 6) is -0.244. The number of unbranched alkanes of at least 4 members (excludes halogenated alkanes) is 3. The van der Waals surface area contributed by atoms with Crippen LogP contribution in [0.2, 0.25) is 0 Å². The van der Waals surface area contributed by atoms with Crippen LogP contribution in [0.3, 0.4) is 0 Å². The molecule has 29 heavy (non-hydrogen) atoms. The number of aromatic nitrogens is 1. The summed E-state index contributed by atoms with van der Waals surface area (Å²) in [6, 6.07) is 9.12. The smallest absolute Gasteiger partial charge is 0.132 e. The number of hydrogen-bond donors (Lipinski definition) is 0. The van der Waals surface area contributed by atoms with Gasteiger partial charge in [0.15, 0.2) is 0 Å². The lowest BCUT2D eigenvalue weighted by molar-refractivity contribution is 0.0566. The Morgan fingerprint density at radius 3 is 2.72 bits per heavy atom. The summed E-state index contributed by atoms with van der Waals surface area (Å²) in [5.41, 5.74) is 3.13. The van der Waals surface area contributed by atoms with Gasteiger partial charge in [-0.2, -0.15) is 0 Å². The fraction of sp³-hybridized carbons (Fsp3) is 0.423. The van der Waals surface area contributed by atoms with Gasteiger partial charge in [-0.15, -0.1) is 6.58 Å². The highest BCUT2D eigenvalue weighted by molar-refractivity contribution is 5.62.